The number of rotatable bonds is 11. The van der Waals surface area contributed by atoms with Crippen LogP contribution in [0.3, 0.4) is 0 Å². The number of nitrogens with zero attached hydrogens (tertiary/aromatic N) is 2. The molecule has 0 spiro atoms. The summed E-state index contributed by atoms with van der Waals surface area (Å²) in [5.41, 5.74) is 3.78. The largest absolute Gasteiger partial charge is 0.459 e. The molecule has 1 aliphatic rings. The summed E-state index contributed by atoms with van der Waals surface area (Å²) in [5.74, 6) is 0.879. The number of aliphatic hydroxyl groups is 1. The van der Waals surface area contributed by atoms with Gasteiger partial charge in [0.15, 0.2) is 5.78 Å². The van der Waals surface area contributed by atoms with E-state index in [0.717, 1.165) is 60.6 Å². The van der Waals surface area contributed by atoms with Gasteiger partial charge in [0.25, 0.3) is 0 Å². The van der Waals surface area contributed by atoms with Gasteiger partial charge in [-0.15, -0.1) is 0 Å². The number of ketones is 1. The number of aliphatic hydroxyl groups excluding tert-OH is 1. The van der Waals surface area contributed by atoms with Crippen LogP contribution in [0.25, 0.3) is 16.6 Å². The van der Waals surface area contributed by atoms with E-state index in [-0.39, 0.29) is 11.7 Å². The number of Topliss-reactive ketones (excluding diaryl/α,β-unsaturated/α-hetero) is 1. The minimum Gasteiger partial charge on any atom is -0.459 e. The Labute approximate surface area is 238 Å². The highest BCUT2D eigenvalue weighted by Gasteiger charge is 2.29. The summed E-state index contributed by atoms with van der Waals surface area (Å²) in [5, 5.41) is 13.4. The topological polar surface area (TPSA) is 103 Å². The van der Waals surface area contributed by atoms with Crippen molar-refractivity contribution in [1.82, 2.24) is 14.9 Å². The third kappa shape index (κ3) is 8.35. The molecular weight excluding hydrogens is 506 g/mol. The molecule has 1 saturated heterocycles. The van der Waals surface area contributed by atoms with Crippen LogP contribution in [0.2, 0.25) is 0 Å². The van der Waals surface area contributed by atoms with E-state index in [9.17, 15) is 14.7 Å². The van der Waals surface area contributed by atoms with Crippen molar-refractivity contribution < 1.29 is 24.2 Å². The second-order valence-electron chi connectivity index (χ2n) is 12.1. The molecule has 0 aliphatic carbocycles. The highest BCUT2D eigenvalue weighted by Crippen LogP contribution is 2.28. The number of ether oxygens (including phenoxy) is 2. The van der Waals surface area contributed by atoms with Gasteiger partial charge in [-0.3, -0.25) is 14.9 Å². The highest BCUT2D eigenvalue weighted by atomic mass is 16.6. The van der Waals surface area contributed by atoms with Gasteiger partial charge in [-0.25, -0.2) is 4.98 Å². The molecule has 1 aromatic carbocycles. The van der Waals surface area contributed by atoms with Crippen molar-refractivity contribution in [2.75, 3.05) is 13.2 Å². The zero-order chi connectivity index (χ0) is 29.6. The van der Waals surface area contributed by atoms with Crippen LogP contribution in [0.15, 0.2) is 35.9 Å². The molecule has 0 saturated carbocycles. The molecule has 1 aliphatic heterocycles. The number of benzene rings is 1. The molecule has 0 bridgehead atoms. The van der Waals surface area contributed by atoms with E-state index < -0.39 is 23.7 Å². The molecule has 8 nitrogen and oxygen atoms in total. The van der Waals surface area contributed by atoms with Gasteiger partial charge in [0, 0.05) is 37.8 Å². The first kappa shape index (κ1) is 31.7. The van der Waals surface area contributed by atoms with Crippen LogP contribution in [0.4, 0.5) is 0 Å². The summed E-state index contributed by atoms with van der Waals surface area (Å²) in [6.45, 7) is 17.4. The predicted octanol–water partition coefficient (Wildman–Crippen LogP) is 5.22. The van der Waals surface area contributed by atoms with E-state index in [0.29, 0.717) is 18.0 Å². The van der Waals surface area contributed by atoms with Gasteiger partial charge in [0.1, 0.15) is 17.5 Å². The monoisotopic (exact) mass is 553 g/mol. The fourth-order valence-corrected chi connectivity index (χ4v) is 4.96. The number of fused-ring (bicyclic) bond motifs is 1. The van der Waals surface area contributed by atoms with Crippen LogP contribution in [0.1, 0.15) is 79.6 Å². The molecule has 2 atom stereocenters. The number of carbonyl (C=O) groups excluding carboxylic acids is 2. The zero-order valence-corrected chi connectivity index (χ0v) is 25.4. The first-order chi connectivity index (χ1) is 18.8. The van der Waals surface area contributed by atoms with Gasteiger partial charge in [-0.05, 0) is 89.6 Å². The summed E-state index contributed by atoms with van der Waals surface area (Å²) in [6.07, 6.45) is 5.04. The van der Waals surface area contributed by atoms with Crippen molar-refractivity contribution in [3.05, 3.63) is 47.3 Å². The molecular formula is C32H47N3O5. The number of imidazole rings is 1. The lowest BCUT2D eigenvalue weighted by Gasteiger charge is -2.26. The molecule has 1 aromatic heterocycles. The molecule has 2 aromatic rings. The van der Waals surface area contributed by atoms with E-state index in [1.165, 1.54) is 0 Å². The van der Waals surface area contributed by atoms with Crippen LogP contribution in [-0.4, -0.2) is 57.4 Å². The molecule has 0 amide bonds. The Hall–Kier alpha value is -2.81. The Morgan fingerprint density at radius 1 is 1.23 bits per heavy atom. The lowest BCUT2D eigenvalue weighted by atomic mass is 9.99. The molecule has 2 heterocycles. The molecule has 3 rings (SSSR count). The van der Waals surface area contributed by atoms with Crippen molar-refractivity contribution in [1.29, 1.82) is 0 Å². The van der Waals surface area contributed by atoms with Gasteiger partial charge in [0.05, 0.1) is 17.1 Å². The van der Waals surface area contributed by atoms with E-state index >= 15 is 0 Å². The summed E-state index contributed by atoms with van der Waals surface area (Å²) < 4.78 is 13.3. The van der Waals surface area contributed by atoms with Gasteiger partial charge in [0.2, 0.25) is 0 Å². The lowest BCUT2D eigenvalue weighted by Crippen LogP contribution is -2.47. The number of carbonyl (C=O) groups is 2. The number of hydrogen-bond acceptors (Lipinski definition) is 7. The third-order valence-electron chi connectivity index (χ3n) is 7.12. The Morgan fingerprint density at radius 3 is 2.48 bits per heavy atom. The third-order valence-corrected chi connectivity index (χ3v) is 7.12. The Kier molecular flexibility index (Phi) is 10.9. The molecule has 220 valence electrons. The average Bonchev–Trinajstić information content (AvgIpc) is 3.23. The predicted molar refractivity (Wildman–Crippen MR) is 159 cm³/mol. The molecule has 40 heavy (non-hydrogen) atoms. The van der Waals surface area contributed by atoms with E-state index in [4.69, 9.17) is 14.5 Å². The Bertz CT molecular complexity index is 1240. The standard InChI is InChI=1S/C32H47N3O5/c1-9-25(16-21(4)29(37)20(2)3)30-34-26-17-24(18-33-28(22(5)36)31(38)40-32(6,7)8)10-11-27(26)35(30)19-23-12-14-39-15-13-23/h9-11,16-17,20,22-23,28,33,36H,12-15,18-19H2,1-8H3/b21-16-,25-9+/t22?,28-/m0/s1. The number of allylic oxidation sites excluding steroid dienone is 4. The van der Waals surface area contributed by atoms with Gasteiger partial charge >= 0.3 is 5.97 Å². The zero-order valence-electron chi connectivity index (χ0n) is 25.4. The summed E-state index contributed by atoms with van der Waals surface area (Å²) >= 11 is 0. The SMILES string of the molecule is C/C=C(\C=C(\C)C(=O)C(C)C)c1nc2cc(CN[C@H](C(=O)OC(C)(C)C)C(C)O)ccc2n1CC1CCOCC1. The summed E-state index contributed by atoms with van der Waals surface area (Å²) in [7, 11) is 0. The van der Waals surface area contributed by atoms with Crippen molar-refractivity contribution in [3.8, 4) is 0 Å². The smallest absolute Gasteiger partial charge is 0.326 e. The maximum absolute atomic E-state index is 12.7. The average molecular weight is 554 g/mol. The minimum absolute atomic E-state index is 0.0726. The number of hydrogen-bond donors (Lipinski definition) is 2. The minimum atomic E-state index is -0.912. The Balaban J connectivity index is 1.95. The number of aromatic nitrogens is 2. The van der Waals surface area contributed by atoms with Crippen LogP contribution >= 0.6 is 0 Å². The summed E-state index contributed by atoms with van der Waals surface area (Å²) in [4.78, 5) is 30.4. The van der Waals surface area contributed by atoms with E-state index in [1.807, 2.05) is 52.0 Å². The first-order valence-electron chi connectivity index (χ1n) is 14.4. The molecule has 1 fully saturated rings. The van der Waals surface area contributed by atoms with Gasteiger partial charge in [-0.1, -0.05) is 26.0 Å². The van der Waals surface area contributed by atoms with Crippen LogP contribution in [-0.2, 0) is 32.2 Å². The van der Waals surface area contributed by atoms with Crippen molar-refractivity contribution in [2.24, 2.45) is 11.8 Å². The second kappa shape index (κ2) is 13.7. The van der Waals surface area contributed by atoms with Crippen molar-refractivity contribution in [2.45, 2.75) is 99.1 Å². The van der Waals surface area contributed by atoms with Crippen LogP contribution in [0.5, 0.6) is 0 Å². The van der Waals surface area contributed by atoms with E-state index in [2.05, 4.69) is 16.0 Å². The lowest BCUT2D eigenvalue weighted by molar-refractivity contribution is -0.160. The quantitative estimate of drug-likeness (QED) is 0.223. The highest BCUT2D eigenvalue weighted by molar-refractivity contribution is 5.98. The molecule has 2 N–H and O–H groups in total. The molecule has 8 heteroatoms. The molecule has 1 unspecified atom stereocenters. The normalized spacial score (nSPS) is 17.4. The maximum Gasteiger partial charge on any atom is 0.326 e. The summed E-state index contributed by atoms with van der Waals surface area (Å²) in [6, 6.07) is 5.26. The van der Waals surface area contributed by atoms with Gasteiger partial charge < -0.3 is 19.1 Å². The number of esters is 1. The first-order valence-corrected chi connectivity index (χ1v) is 14.4. The van der Waals surface area contributed by atoms with Crippen molar-refractivity contribution >= 4 is 28.4 Å². The van der Waals surface area contributed by atoms with Crippen LogP contribution < -0.4 is 5.32 Å². The van der Waals surface area contributed by atoms with Crippen molar-refractivity contribution in [3.63, 3.8) is 0 Å². The van der Waals surface area contributed by atoms with Gasteiger partial charge in [-0.2, -0.15) is 0 Å². The molecule has 0 radical (unpaired) electrons. The number of nitrogens with one attached hydrogen (secondary N) is 1. The second-order valence-corrected chi connectivity index (χ2v) is 12.1. The fourth-order valence-electron chi connectivity index (χ4n) is 4.96. The Morgan fingerprint density at radius 2 is 1.90 bits per heavy atom. The maximum atomic E-state index is 12.7. The van der Waals surface area contributed by atoms with Crippen LogP contribution in [0, 0.1) is 11.8 Å². The van der Waals surface area contributed by atoms with E-state index in [1.54, 1.807) is 27.7 Å². The fraction of sp³-hybridized carbons (Fsp3) is 0.594.